The zero-order chi connectivity index (χ0) is 15.6. The van der Waals surface area contributed by atoms with Crippen molar-refractivity contribution in [2.45, 2.75) is 6.61 Å². The number of nitrogens with zero attached hydrogens (tertiary/aromatic N) is 1. The molecule has 0 unspecified atom stereocenters. The summed E-state index contributed by atoms with van der Waals surface area (Å²) < 4.78 is 10.9. The second kappa shape index (κ2) is 5.98. The lowest BCUT2D eigenvalue weighted by Crippen LogP contribution is -2.05. The van der Waals surface area contributed by atoms with Gasteiger partial charge in [0.1, 0.15) is 23.0 Å². The number of hydrogen-bond acceptors (Lipinski definition) is 6. The summed E-state index contributed by atoms with van der Waals surface area (Å²) in [5.74, 6) is 0.178. The van der Waals surface area contributed by atoms with Crippen LogP contribution in [0.15, 0.2) is 57.6 Å². The van der Waals surface area contributed by atoms with E-state index in [1.165, 1.54) is 11.3 Å². The van der Waals surface area contributed by atoms with E-state index in [9.17, 15) is 4.79 Å². The zero-order valence-electron chi connectivity index (χ0n) is 11.9. The molecule has 0 saturated heterocycles. The molecule has 0 atom stereocenters. The van der Waals surface area contributed by atoms with E-state index in [0.29, 0.717) is 11.5 Å². The molecule has 0 saturated carbocycles. The molecule has 114 valence electrons. The second-order valence-corrected chi connectivity index (χ2v) is 6.65. The first kappa shape index (κ1) is 14.2. The lowest BCUT2D eigenvalue weighted by atomic mass is 10.2. The number of rotatable bonds is 4. The lowest BCUT2D eigenvalue weighted by molar-refractivity contribution is 0.0441. The highest BCUT2D eigenvalue weighted by Gasteiger charge is 2.15. The van der Waals surface area contributed by atoms with Crippen molar-refractivity contribution >= 4 is 39.6 Å². The molecular weight excluding hydrogens is 330 g/mol. The first-order chi connectivity index (χ1) is 11.3. The van der Waals surface area contributed by atoms with Gasteiger partial charge >= 0.3 is 5.97 Å². The number of furan rings is 1. The van der Waals surface area contributed by atoms with Crippen LogP contribution in [-0.2, 0) is 11.3 Å². The fourth-order valence-electron chi connectivity index (χ4n) is 2.20. The van der Waals surface area contributed by atoms with Crippen molar-refractivity contribution in [2.24, 2.45) is 0 Å². The van der Waals surface area contributed by atoms with Crippen LogP contribution in [0.25, 0.3) is 20.9 Å². The van der Waals surface area contributed by atoms with Gasteiger partial charge in [-0.2, -0.15) is 0 Å². The number of ether oxygens (including phenoxy) is 1. The first-order valence-electron chi connectivity index (χ1n) is 6.93. The van der Waals surface area contributed by atoms with Gasteiger partial charge in [-0.15, -0.1) is 22.7 Å². The Morgan fingerprint density at radius 2 is 2.09 bits per heavy atom. The smallest absolute Gasteiger partial charge is 0.358 e. The molecule has 3 heterocycles. The summed E-state index contributed by atoms with van der Waals surface area (Å²) in [6, 6.07) is 13.5. The van der Waals surface area contributed by atoms with Gasteiger partial charge < -0.3 is 9.15 Å². The second-order valence-electron chi connectivity index (χ2n) is 4.84. The van der Waals surface area contributed by atoms with Crippen molar-refractivity contribution in [3.05, 3.63) is 64.7 Å². The molecule has 0 radical (unpaired) electrons. The Balaban J connectivity index is 1.45. The molecule has 3 aromatic heterocycles. The molecule has 0 fully saturated rings. The summed E-state index contributed by atoms with van der Waals surface area (Å²) in [5, 5.41) is 5.52. The van der Waals surface area contributed by atoms with E-state index in [0.717, 1.165) is 20.9 Å². The third-order valence-electron chi connectivity index (χ3n) is 3.27. The summed E-state index contributed by atoms with van der Waals surface area (Å²) >= 11 is 3.03. The van der Waals surface area contributed by atoms with E-state index in [1.807, 2.05) is 47.8 Å². The number of thiophene rings is 1. The summed E-state index contributed by atoms with van der Waals surface area (Å²) in [6.07, 6.45) is 0. The summed E-state index contributed by atoms with van der Waals surface area (Å²) in [4.78, 5) is 17.5. The van der Waals surface area contributed by atoms with Gasteiger partial charge in [-0.1, -0.05) is 24.3 Å². The minimum atomic E-state index is -0.440. The Morgan fingerprint density at radius 3 is 2.91 bits per heavy atom. The zero-order valence-corrected chi connectivity index (χ0v) is 13.5. The molecule has 0 aliphatic rings. The van der Waals surface area contributed by atoms with Crippen LogP contribution in [0.3, 0.4) is 0 Å². The number of benzene rings is 1. The molecule has 4 nitrogen and oxygen atoms in total. The maximum atomic E-state index is 12.1. The molecule has 0 N–H and O–H groups in total. The van der Waals surface area contributed by atoms with Crippen molar-refractivity contribution in [3.8, 4) is 9.88 Å². The van der Waals surface area contributed by atoms with Crippen LogP contribution in [-0.4, -0.2) is 11.0 Å². The molecule has 6 heteroatoms. The van der Waals surface area contributed by atoms with Crippen LogP contribution < -0.4 is 0 Å². The average Bonchev–Trinajstić information content (AvgIpc) is 3.31. The number of carbonyl (C=O) groups excluding carboxylic acids is 1. The number of hydrogen-bond donors (Lipinski definition) is 0. The Hall–Kier alpha value is -2.44. The van der Waals surface area contributed by atoms with Gasteiger partial charge in [0.05, 0.1) is 4.88 Å². The van der Waals surface area contributed by atoms with Crippen LogP contribution in [0, 0.1) is 0 Å². The predicted molar refractivity (Wildman–Crippen MR) is 90.8 cm³/mol. The first-order valence-corrected chi connectivity index (χ1v) is 8.69. The molecule has 4 rings (SSSR count). The number of aromatic nitrogens is 1. The molecule has 0 aliphatic heterocycles. The van der Waals surface area contributed by atoms with Crippen LogP contribution in [0.1, 0.15) is 16.2 Å². The lowest BCUT2D eigenvalue weighted by Gasteiger charge is -1.99. The van der Waals surface area contributed by atoms with Crippen LogP contribution >= 0.6 is 22.7 Å². The third kappa shape index (κ3) is 2.91. The Labute approximate surface area is 140 Å². The maximum absolute atomic E-state index is 12.1. The van der Waals surface area contributed by atoms with Gasteiger partial charge in [0, 0.05) is 10.8 Å². The molecule has 0 aliphatic carbocycles. The molecule has 4 aromatic rings. The fraction of sp³-hybridized carbons (Fsp3) is 0.0588. The van der Waals surface area contributed by atoms with Crippen LogP contribution in [0.2, 0.25) is 0 Å². The van der Waals surface area contributed by atoms with Gasteiger partial charge in [0.25, 0.3) is 0 Å². The van der Waals surface area contributed by atoms with E-state index < -0.39 is 5.97 Å². The normalized spacial score (nSPS) is 11.0. The number of esters is 1. The largest absolute Gasteiger partial charge is 0.457 e. The van der Waals surface area contributed by atoms with Gasteiger partial charge in [0.15, 0.2) is 5.69 Å². The van der Waals surface area contributed by atoms with Crippen molar-refractivity contribution in [3.63, 3.8) is 0 Å². The highest BCUT2D eigenvalue weighted by atomic mass is 32.1. The van der Waals surface area contributed by atoms with Gasteiger partial charge in [0.2, 0.25) is 0 Å². The number of thiazole rings is 1. The van der Waals surface area contributed by atoms with E-state index in [4.69, 9.17) is 9.15 Å². The van der Waals surface area contributed by atoms with E-state index >= 15 is 0 Å². The fourth-order valence-corrected chi connectivity index (χ4v) is 3.80. The Bertz CT molecular complexity index is 920. The number of carbonyl (C=O) groups is 1. The molecule has 0 spiro atoms. The Morgan fingerprint density at radius 1 is 1.17 bits per heavy atom. The topological polar surface area (TPSA) is 52.3 Å². The molecule has 23 heavy (non-hydrogen) atoms. The van der Waals surface area contributed by atoms with Gasteiger partial charge in [-0.25, -0.2) is 9.78 Å². The Kier molecular flexibility index (Phi) is 3.69. The van der Waals surface area contributed by atoms with Crippen molar-refractivity contribution in [1.82, 2.24) is 4.98 Å². The molecular formula is C17H11NO3S2. The van der Waals surface area contributed by atoms with Crippen molar-refractivity contribution < 1.29 is 13.9 Å². The quantitative estimate of drug-likeness (QED) is 0.492. The number of para-hydroxylation sites is 1. The highest BCUT2D eigenvalue weighted by Crippen LogP contribution is 2.28. The molecule has 1 aromatic carbocycles. The predicted octanol–water partition coefficient (Wildman–Crippen LogP) is 4.97. The standard InChI is InChI=1S/C17H11NO3S2/c19-17(13-10-23-16(18-13)15-6-3-7-22-15)20-9-12-8-11-4-1-2-5-14(11)21-12/h1-8,10H,9H2. The maximum Gasteiger partial charge on any atom is 0.358 e. The highest BCUT2D eigenvalue weighted by molar-refractivity contribution is 7.20. The summed E-state index contributed by atoms with van der Waals surface area (Å²) in [5.41, 5.74) is 1.11. The van der Waals surface area contributed by atoms with E-state index in [2.05, 4.69) is 4.98 Å². The van der Waals surface area contributed by atoms with E-state index in [-0.39, 0.29) is 6.61 Å². The monoisotopic (exact) mass is 341 g/mol. The van der Waals surface area contributed by atoms with Crippen molar-refractivity contribution in [1.29, 1.82) is 0 Å². The summed E-state index contributed by atoms with van der Waals surface area (Å²) in [6.45, 7) is 0.0966. The summed E-state index contributed by atoms with van der Waals surface area (Å²) in [7, 11) is 0. The minimum Gasteiger partial charge on any atom is -0.457 e. The third-order valence-corrected chi connectivity index (χ3v) is 5.15. The number of fused-ring (bicyclic) bond motifs is 1. The van der Waals surface area contributed by atoms with Crippen molar-refractivity contribution in [2.75, 3.05) is 0 Å². The van der Waals surface area contributed by atoms with Crippen LogP contribution in [0.4, 0.5) is 0 Å². The molecule has 0 amide bonds. The average molecular weight is 341 g/mol. The molecule has 0 bridgehead atoms. The minimum absolute atomic E-state index is 0.0966. The van der Waals surface area contributed by atoms with Gasteiger partial charge in [-0.3, -0.25) is 0 Å². The van der Waals surface area contributed by atoms with Crippen LogP contribution in [0.5, 0.6) is 0 Å². The van der Waals surface area contributed by atoms with Gasteiger partial charge in [-0.05, 0) is 23.6 Å². The van der Waals surface area contributed by atoms with E-state index in [1.54, 1.807) is 16.7 Å². The SMILES string of the molecule is O=C(OCc1cc2ccccc2o1)c1csc(-c2cccs2)n1.